The molecule has 0 radical (unpaired) electrons. The van der Waals surface area contributed by atoms with Crippen LogP contribution >= 0.6 is 23.5 Å². The van der Waals surface area contributed by atoms with Crippen molar-refractivity contribution in [3.8, 4) is 0 Å². The van der Waals surface area contributed by atoms with Crippen molar-refractivity contribution < 1.29 is 19.1 Å². The summed E-state index contributed by atoms with van der Waals surface area (Å²) in [5, 5.41) is 0. The number of rotatable bonds is 4. The second kappa shape index (κ2) is 6.58. The van der Waals surface area contributed by atoms with Crippen molar-refractivity contribution in [2.45, 2.75) is 9.79 Å². The molecule has 0 heterocycles. The molecule has 116 valence electrons. The minimum Gasteiger partial charge on any atom is -0.489 e. The third kappa shape index (κ3) is 2.55. The Kier molecular flexibility index (Phi) is 4.97. The smallest absolute Gasteiger partial charge is 0.232 e. The second-order valence-corrected chi connectivity index (χ2v) is 6.00. The van der Waals surface area contributed by atoms with Gasteiger partial charge in [0.1, 0.15) is 0 Å². The van der Waals surface area contributed by atoms with Crippen molar-refractivity contribution in [2.75, 3.05) is 26.7 Å². The molecule has 0 saturated heterocycles. The van der Waals surface area contributed by atoms with Crippen LogP contribution in [0, 0.1) is 0 Å². The van der Waals surface area contributed by atoms with Gasteiger partial charge in [0, 0.05) is 11.1 Å². The summed E-state index contributed by atoms with van der Waals surface area (Å²) in [6.45, 7) is 0. The van der Waals surface area contributed by atoms with E-state index in [4.69, 9.17) is 9.47 Å². The number of allylic oxidation sites excluding steroid dienone is 2. The normalized spacial score (nSPS) is 14.0. The lowest BCUT2D eigenvalue weighted by molar-refractivity contribution is 0.0829. The first-order valence-corrected chi connectivity index (χ1v) is 8.67. The van der Waals surface area contributed by atoms with Gasteiger partial charge in [0.25, 0.3) is 0 Å². The number of Topliss-reactive ketones (excluding diaryl/α,β-unsaturated/α-hetero) is 2. The van der Waals surface area contributed by atoms with Crippen molar-refractivity contribution in [3.05, 3.63) is 45.0 Å². The van der Waals surface area contributed by atoms with Crippen LogP contribution in [0.25, 0.3) is 0 Å². The largest absolute Gasteiger partial charge is 0.489 e. The molecule has 22 heavy (non-hydrogen) atoms. The van der Waals surface area contributed by atoms with Gasteiger partial charge in [0.05, 0.1) is 24.0 Å². The predicted molar refractivity (Wildman–Crippen MR) is 86.0 cm³/mol. The number of hydrogen-bond donors (Lipinski definition) is 0. The molecular weight excluding hydrogens is 324 g/mol. The average Bonchev–Trinajstić information content (AvgIpc) is 2.67. The van der Waals surface area contributed by atoms with E-state index in [1.54, 1.807) is 12.5 Å². The maximum Gasteiger partial charge on any atom is 0.232 e. The Hall–Kier alpha value is -1.73. The molecule has 0 aromatic heterocycles. The number of carbonyl (C=O) groups is 2. The summed E-state index contributed by atoms with van der Waals surface area (Å²) in [5.41, 5.74) is 0.113. The first-order chi connectivity index (χ1) is 10.5. The molecule has 1 aliphatic carbocycles. The summed E-state index contributed by atoms with van der Waals surface area (Å²) in [7, 11) is 2.60. The number of methoxy groups -OCH3 is 2. The summed E-state index contributed by atoms with van der Waals surface area (Å²) < 4.78 is 10.0. The van der Waals surface area contributed by atoms with E-state index in [-0.39, 0.29) is 28.1 Å². The highest BCUT2D eigenvalue weighted by atomic mass is 32.2. The predicted octanol–water partition coefficient (Wildman–Crippen LogP) is 2.37. The maximum absolute atomic E-state index is 12.5. The van der Waals surface area contributed by atoms with Crippen molar-refractivity contribution in [2.24, 2.45) is 0 Å². The lowest BCUT2D eigenvalue weighted by Gasteiger charge is -2.17. The third-order valence-corrected chi connectivity index (χ3v) is 4.73. The molecule has 5 nitrogen and oxygen atoms in total. The Morgan fingerprint density at radius 3 is 1.41 bits per heavy atom. The molecule has 1 aromatic carbocycles. The van der Waals surface area contributed by atoms with Crippen LogP contribution in [0.4, 0.5) is 0 Å². The fourth-order valence-electron chi connectivity index (χ4n) is 2.17. The highest BCUT2D eigenvalue weighted by Crippen LogP contribution is 2.29. The van der Waals surface area contributed by atoms with E-state index in [1.165, 1.54) is 49.9 Å². The van der Waals surface area contributed by atoms with E-state index in [2.05, 4.69) is 0 Å². The lowest BCUT2D eigenvalue weighted by Crippen LogP contribution is -2.23. The molecule has 0 unspecified atom stereocenters. The van der Waals surface area contributed by atoms with E-state index in [0.29, 0.717) is 9.79 Å². The standard InChI is InChI=1S/C15H14O5S2/c1-19-14-11(16)7-5-9(21-3)13(18)10(22-4)6-8(7)12(17)15(14)20-2/h5-6H,1-4H3. The Bertz CT molecular complexity index is 692. The van der Waals surface area contributed by atoms with Crippen LogP contribution in [0.15, 0.2) is 38.2 Å². The number of ether oxygens (including phenoxy) is 2. The van der Waals surface area contributed by atoms with Crippen LogP contribution in [0.3, 0.4) is 0 Å². The van der Waals surface area contributed by atoms with E-state index in [0.717, 1.165) is 0 Å². The average molecular weight is 338 g/mol. The summed E-state index contributed by atoms with van der Waals surface area (Å²) in [4.78, 5) is 38.3. The van der Waals surface area contributed by atoms with Crippen molar-refractivity contribution in [1.29, 1.82) is 0 Å². The van der Waals surface area contributed by atoms with Gasteiger partial charge >= 0.3 is 0 Å². The van der Waals surface area contributed by atoms with E-state index in [1.807, 2.05) is 0 Å². The van der Waals surface area contributed by atoms with Crippen LogP contribution < -0.4 is 5.43 Å². The quantitative estimate of drug-likeness (QED) is 0.781. The maximum atomic E-state index is 12.5. The molecule has 0 saturated carbocycles. The Morgan fingerprint density at radius 1 is 0.773 bits per heavy atom. The topological polar surface area (TPSA) is 69.7 Å². The first kappa shape index (κ1) is 16.6. The molecule has 0 spiro atoms. The number of ketones is 2. The SMILES string of the molecule is COC1=C(OC)C(=O)c2cc(SC)c(=O)c(SC)cc2C1=O. The van der Waals surface area contributed by atoms with Gasteiger partial charge in [-0.1, -0.05) is 0 Å². The van der Waals surface area contributed by atoms with Gasteiger partial charge in [-0.2, -0.15) is 0 Å². The number of thioether (sulfide) groups is 2. The molecule has 0 N–H and O–H groups in total. The molecule has 0 aliphatic heterocycles. The highest BCUT2D eigenvalue weighted by molar-refractivity contribution is 7.99. The Morgan fingerprint density at radius 2 is 1.14 bits per heavy atom. The molecule has 2 rings (SSSR count). The first-order valence-electron chi connectivity index (χ1n) is 6.22. The second-order valence-electron chi connectivity index (χ2n) is 4.31. The van der Waals surface area contributed by atoms with Crippen molar-refractivity contribution in [1.82, 2.24) is 0 Å². The number of fused-ring (bicyclic) bond motifs is 1. The highest BCUT2D eigenvalue weighted by Gasteiger charge is 2.35. The minimum absolute atomic E-state index is 0.142. The van der Waals surface area contributed by atoms with Crippen LogP contribution in [0.5, 0.6) is 0 Å². The third-order valence-electron chi connectivity index (χ3n) is 3.24. The molecule has 7 heteroatoms. The molecule has 0 atom stereocenters. The number of hydrogen-bond acceptors (Lipinski definition) is 7. The molecule has 1 aromatic rings. The fraction of sp³-hybridized carbons (Fsp3) is 0.267. The van der Waals surface area contributed by atoms with Gasteiger partial charge in [-0.25, -0.2) is 0 Å². The van der Waals surface area contributed by atoms with Crippen LogP contribution in [0.1, 0.15) is 20.7 Å². The Labute approximate surface area is 136 Å². The molecule has 1 aliphatic rings. The van der Waals surface area contributed by atoms with Gasteiger partial charge < -0.3 is 9.47 Å². The summed E-state index contributed by atoms with van der Waals surface area (Å²) >= 11 is 2.46. The fourth-order valence-corrected chi connectivity index (χ4v) is 3.30. The van der Waals surface area contributed by atoms with Gasteiger partial charge in [-0.3, -0.25) is 14.4 Å². The molecule has 0 amide bonds. The van der Waals surface area contributed by atoms with Gasteiger partial charge in [-0.05, 0) is 24.6 Å². The Balaban J connectivity index is 2.88. The van der Waals surface area contributed by atoms with E-state index >= 15 is 0 Å². The van der Waals surface area contributed by atoms with Gasteiger partial charge in [0.15, 0.2) is 0 Å². The zero-order valence-electron chi connectivity index (χ0n) is 12.5. The summed E-state index contributed by atoms with van der Waals surface area (Å²) in [5.74, 6) is -1.22. The number of carbonyl (C=O) groups excluding carboxylic acids is 2. The molecule has 0 fully saturated rings. The summed E-state index contributed by atoms with van der Waals surface area (Å²) in [6.07, 6.45) is 3.49. The van der Waals surface area contributed by atoms with Gasteiger partial charge in [-0.15, -0.1) is 23.5 Å². The minimum atomic E-state index is -0.466. The van der Waals surface area contributed by atoms with Crippen LogP contribution in [0.2, 0.25) is 0 Å². The summed E-state index contributed by atoms with van der Waals surface area (Å²) in [6, 6.07) is 2.90. The monoisotopic (exact) mass is 338 g/mol. The van der Waals surface area contributed by atoms with Crippen molar-refractivity contribution >= 4 is 35.1 Å². The van der Waals surface area contributed by atoms with Gasteiger partial charge in [0.2, 0.25) is 28.5 Å². The lowest BCUT2D eigenvalue weighted by atomic mass is 9.94. The van der Waals surface area contributed by atoms with Crippen molar-refractivity contribution in [3.63, 3.8) is 0 Å². The zero-order chi connectivity index (χ0) is 16.4. The van der Waals surface area contributed by atoms with Crippen LogP contribution in [-0.2, 0) is 9.47 Å². The van der Waals surface area contributed by atoms with E-state index < -0.39 is 11.6 Å². The van der Waals surface area contributed by atoms with E-state index in [9.17, 15) is 14.4 Å². The molecule has 0 bridgehead atoms. The molecular formula is C15H14O5S2. The van der Waals surface area contributed by atoms with Crippen LogP contribution in [-0.4, -0.2) is 38.3 Å². The zero-order valence-corrected chi connectivity index (χ0v) is 14.1.